The number of hydrogen-bond donors (Lipinski definition) is 3. The minimum Gasteiger partial charge on any atom is -0.444 e. The van der Waals surface area contributed by atoms with E-state index in [-0.39, 0.29) is 17.3 Å². The molecular weight excluding hydrogens is 385 g/mol. The van der Waals surface area contributed by atoms with Crippen LogP contribution >= 0.6 is 11.3 Å². The smallest absolute Gasteiger partial charge is 0.412 e. The highest BCUT2D eigenvalue weighted by Crippen LogP contribution is 2.24. The summed E-state index contributed by atoms with van der Waals surface area (Å²) in [6, 6.07) is 6.00. The molecule has 1 atom stereocenters. The van der Waals surface area contributed by atoms with E-state index < -0.39 is 29.5 Å². The highest BCUT2D eigenvalue weighted by atomic mass is 32.1. The van der Waals surface area contributed by atoms with Gasteiger partial charge in [-0.1, -0.05) is 6.07 Å². The fraction of sp³-hybridized carbons (Fsp3) is 0.316. The second kappa shape index (κ2) is 8.83. The summed E-state index contributed by atoms with van der Waals surface area (Å²) >= 11 is 1.25. The van der Waals surface area contributed by atoms with Crippen molar-refractivity contribution in [3.8, 4) is 0 Å². The maximum absolute atomic E-state index is 13.6. The zero-order valence-corrected chi connectivity index (χ0v) is 16.8. The number of nitrogens with one attached hydrogen (secondary N) is 3. The molecule has 0 spiro atoms. The zero-order valence-electron chi connectivity index (χ0n) is 16.0. The van der Waals surface area contributed by atoms with E-state index >= 15 is 0 Å². The fourth-order valence-corrected chi connectivity index (χ4v) is 2.75. The number of carbonyl (C=O) groups excluding carboxylic acids is 3. The molecule has 1 aromatic carbocycles. The van der Waals surface area contributed by atoms with Crippen LogP contribution in [0.15, 0.2) is 35.7 Å². The summed E-state index contributed by atoms with van der Waals surface area (Å²) in [6.07, 6.45) is -0.742. The third kappa shape index (κ3) is 6.34. The Balaban J connectivity index is 2.07. The van der Waals surface area contributed by atoms with Crippen molar-refractivity contribution in [2.75, 3.05) is 10.6 Å². The Labute approximate surface area is 166 Å². The minimum atomic E-state index is -0.882. The van der Waals surface area contributed by atoms with Gasteiger partial charge in [-0.25, -0.2) is 9.18 Å². The molecule has 0 aliphatic rings. The van der Waals surface area contributed by atoms with Gasteiger partial charge in [-0.15, -0.1) is 11.3 Å². The molecule has 28 heavy (non-hydrogen) atoms. The van der Waals surface area contributed by atoms with Gasteiger partial charge >= 0.3 is 6.09 Å². The van der Waals surface area contributed by atoms with Gasteiger partial charge in [0.1, 0.15) is 17.5 Å². The molecule has 7 nitrogen and oxygen atoms in total. The molecule has 9 heteroatoms. The van der Waals surface area contributed by atoms with Gasteiger partial charge in [0.2, 0.25) is 5.91 Å². The first-order valence-corrected chi connectivity index (χ1v) is 9.38. The first-order chi connectivity index (χ1) is 13.0. The summed E-state index contributed by atoms with van der Waals surface area (Å²) in [7, 11) is 0. The molecule has 2 aromatic rings. The van der Waals surface area contributed by atoms with Crippen LogP contribution in [0.4, 0.5) is 20.6 Å². The molecule has 0 fully saturated rings. The molecule has 1 heterocycles. The van der Waals surface area contributed by atoms with Crippen LogP contribution in [0.5, 0.6) is 0 Å². The lowest BCUT2D eigenvalue weighted by Crippen LogP contribution is -2.41. The van der Waals surface area contributed by atoms with Crippen LogP contribution in [0.1, 0.15) is 37.4 Å². The molecule has 150 valence electrons. The maximum Gasteiger partial charge on any atom is 0.412 e. The molecule has 0 aliphatic carbocycles. The van der Waals surface area contributed by atoms with E-state index in [2.05, 4.69) is 16.0 Å². The lowest BCUT2D eigenvalue weighted by molar-refractivity contribution is -0.117. The Hall–Kier alpha value is -2.94. The van der Waals surface area contributed by atoms with E-state index in [0.29, 0.717) is 4.88 Å². The average Bonchev–Trinajstić information content (AvgIpc) is 3.10. The van der Waals surface area contributed by atoms with Gasteiger partial charge in [0.15, 0.2) is 0 Å². The van der Waals surface area contributed by atoms with Crippen LogP contribution in [0.3, 0.4) is 0 Å². The summed E-state index contributed by atoms with van der Waals surface area (Å²) < 4.78 is 18.8. The lowest BCUT2D eigenvalue weighted by atomic mass is 10.2. The van der Waals surface area contributed by atoms with Gasteiger partial charge < -0.3 is 15.4 Å². The standard InChI is InChI=1S/C19H22FN3O4S/c1-11(21-17(25)15-6-5-9-28-15)16(24)22-14-10-12(20)7-8-13(14)23-18(26)27-19(2,3)4/h5-11H,1-4H3,(H,21,25)(H,22,24)(H,23,26). The topological polar surface area (TPSA) is 96.5 Å². The van der Waals surface area contributed by atoms with E-state index in [4.69, 9.17) is 4.74 Å². The van der Waals surface area contributed by atoms with E-state index in [9.17, 15) is 18.8 Å². The summed E-state index contributed by atoms with van der Waals surface area (Å²) in [4.78, 5) is 36.9. The van der Waals surface area contributed by atoms with Gasteiger partial charge in [-0.2, -0.15) is 0 Å². The molecule has 0 bridgehead atoms. The molecule has 1 unspecified atom stereocenters. The number of carbonyl (C=O) groups is 3. The first kappa shape index (κ1) is 21.4. The normalized spacial score (nSPS) is 12.0. The number of anilines is 2. The molecule has 0 aliphatic heterocycles. The van der Waals surface area contributed by atoms with Gasteiger partial charge in [0, 0.05) is 0 Å². The molecule has 2 rings (SSSR count). The van der Waals surface area contributed by atoms with Crippen LogP contribution in [0.25, 0.3) is 0 Å². The molecule has 3 N–H and O–H groups in total. The Kier molecular flexibility index (Phi) is 6.74. The van der Waals surface area contributed by atoms with Crippen LogP contribution in [-0.2, 0) is 9.53 Å². The molecule has 1 aromatic heterocycles. The zero-order chi connectivity index (χ0) is 20.9. The molecule has 0 radical (unpaired) electrons. The third-order valence-electron chi connectivity index (χ3n) is 3.36. The Morgan fingerprint density at radius 1 is 1.11 bits per heavy atom. The Bertz CT molecular complexity index is 863. The van der Waals surface area contributed by atoms with Gasteiger partial charge in [0.25, 0.3) is 5.91 Å². The average molecular weight is 407 g/mol. The number of halogens is 1. The molecule has 0 saturated carbocycles. The fourth-order valence-electron chi connectivity index (χ4n) is 2.12. The number of thiophene rings is 1. The molecule has 0 saturated heterocycles. The number of benzene rings is 1. The van der Waals surface area contributed by atoms with Crippen LogP contribution in [0, 0.1) is 5.82 Å². The number of amides is 3. The maximum atomic E-state index is 13.6. The van der Waals surface area contributed by atoms with Crippen molar-refractivity contribution >= 4 is 40.6 Å². The van der Waals surface area contributed by atoms with E-state index in [1.165, 1.54) is 24.3 Å². The first-order valence-electron chi connectivity index (χ1n) is 8.50. The van der Waals surface area contributed by atoms with Gasteiger partial charge in [-0.05, 0) is 57.3 Å². The monoisotopic (exact) mass is 407 g/mol. The van der Waals surface area contributed by atoms with Crippen LogP contribution in [-0.4, -0.2) is 29.6 Å². The predicted octanol–water partition coefficient (Wildman–Crippen LogP) is 3.99. The van der Waals surface area contributed by atoms with E-state index in [0.717, 1.165) is 12.1 Å². The Morgan fingerprint density at radius 3 is 2.43 bits per heavy atom. The van der Waals surface area contributed by atoms with Crippen molar-refractivity contribution in [1.29, 1.82) is 0 Å². The predicted molar refractivity (Wildman–Crippen MR) is 106 cm³/mol. The van der Waals surface area contributed by atoms with E-state index in [1.54, 1.807) is 38.3 Å². The van der Waals surface area contributed by atoms with Crippen molar-refractivity contribution < 1.29 is 23.5 Å². The minimum absolute atomic E-state index is 0.0491. The van der Waals surface area contributed by atoms with Crippen molar-refractivity contribution in [1.82, 2.24) is 5.32 Å². The second-order valence-corrected chi connectivity index (χ2v) is 7.93. The largest absolute Gasteiger partial charge is 0.444 e. The van der Waals surface area contributed by atoms with Gasteiger partial charge in [0.05, 0.1) is 16.3 Å². The summed E-state index contributed by atoms with van der Waals surface area (Å²) in [6.45, 7) is 6.62. The summed E-state index contributed by atoms with van der Waals surface area (Å²) in [5.41, 5.74) is -0.498. The highest BCUT2D eigenvalue weighted by molar-refractivity contribution is 7.12. The number of ether oxygens (including phenoxy) is 1. The summed E-state index contributed by atoms with van der Waals surface area (Å²) in [5.74, 6) is -1.55. The van der Waals surface area contributed by atoms with E-state index in [1.807, 2.05) is 0 Å². The molecule has 3 amide bonds. The van der Waals surface area contributed by atoms with Crippen molar-refractivity contribution in [2.45, 2.75) is 39.3 Å². The van der Waals surface area contributed by atoms with Crippen LogP contribution in [0.2, 0.25) is 0 Å². The quantitative estimate of drug-likeness (QED) is 0.698. The Morgan fingerprint density at radius 2 is 1.82 bits per heavy atom. The SMILES string of the molecule is CC(NC(=O)c1cccs1)C(=O)Nc1cc(F)ccc1NC(=O)OC(C)(C)C. The highest BCUT2D eigenvalue weighted by Gasteiger charge is 2.21. The van der Waals surface area contributed by atoms with Crippen LogP contribution < -0.4 is 16.0 Å². The molecular formula is C19H22FN3O4S. The van der Waals surface area contributed by atoms with Gasteiger partial charge in [-0.3, -0.25) is 14.9 Å². The number of hydrogen-bond acceptors (Lipinski definition) is 5. The third-order valence-corrected chi connectivity index (χ3v) is 4.23. The van der Waals surface area contributed by atoms with Crippen molar-refractivity contribution in [3.63, 3.8) is 0 Å². The van der Waals surface area contributed by atoms with Crippen molar-refractivity contribution in [2.24, 2.45) is 0 Å². The summed E-state index contributed by atoms with van der Waals surface area (Å²) in [5, 5.41) is 9.30. The second-order valence-electron chi connectivity index (χ2n) is 6.98. The number of rotatable bonds is 5. The lowest BCUT2D eigenvalue weighted by Gasteiger charge is -2.21. The van der Waals surface area contributed by atoms with Crippen molar-refractivity contribution in [3.05, 3.63) is 46.4 Å².